The molecule has 1 aliphatic rings. The third-order valence-corrected chi connectivity index (χ3v) is 5.96. The van der Waals surface area contributed by atoms with Gasteiger partial charge in [-0.3, -0.25) is 10.2 Å². The number of hydrogen-bond acceptors (Lipinski definition) is 9. The van der Waals surface area contributed by atoms with E-state index in [0.717, 1.165) is 16.2 Å². The van der Waals surface area contributed by atoms with Gasteiger partial charge in [-0.2, -0.15) is 4.98 Å². The van der Waals surface area contributed by atoms with Crippen molar-refractivity contribution in [2.45, 2.75) is 13.5 Å². The largest absolute Gasteiger partial charge is 0.469 e. The van der Waals surface area contributed by atoms with E-state index in [-0.39, 0.29) is 6.03 Å². The van der Waals surface area contributed by atoms with Crippen LogP contribution in [0.3, 0.4) is 0 Å². The van der Waals surface area contributed by atoms with Gasteiger partial charge in [0, 0.05) is 32.2 Å². The van der Waals surface area contributed by atoms with E-state index in [4.69, 9.17) is 13.5 Å². The van der Waals surface area contributed by atoms with Crippen LogP contribution in [0.4, 0.5) is 10.6 Å². The number of nitrogens with one attached hydrogen (secondary N) is 1. The van der Waals surface area contributed by atoms with Crippen molar-refractivity contribution in [2.24, 2.45) is 0 Å². The van der Waals surface area contributed by atoms with Crippen LogP contribution in [0.5, 0.6) is 0 Å². The van der Waals surface area contributed by atoms with Crippen LogP contribution in [0.25, 0.3) is 22.0 Å². The molecule has 4 aromatic rings. The molecule has 1 aliphatic heterocycles. The second-order valence-electron chi connectivity index (χ2n) is 7.15. The molecule has 5 heterocycles. The van der Waals surface area contributed by atoms with E-state index < -0.39 is 0 Å². The van der Waals surface area contributed by atoms with Crippen molar-refractivity contribution in [3.8, 4) is 22.0 Å². The van der Waals surface area contributed by atoms with Crippen LogP contribution in [0.15, 0.2) is 49.4 Å². The standard InChI is InChI=1S/C20H20N6O4S/c1-13-14(4-9-28-13)15-11-17(23-29-15)21-20(27)26-7-5-25(6-8-26)12-18-22-19(24-30-18)16-3-2-10-31-16/h2-4,9-11H,5-8,12H2,1H3,(H,21,23,27). The Bertz CT molecular complexity index is 1160. The fourth-order valence-corrected chi connectivity index (χ4v) is 4.06. The number of urea groups is 1. The number of amides is 2. The zero-order valence-corrected chi connectivity index (χ0v) is 17.6. The van der Waals surface area contributed by atoms with E-state index in [9.17, 15) is 4.79 Å². The first-order chi connectivity index (χ1) is 15.2. The Labute approximate surface area is 181 Å². The average Bonchev–Trinajstić information content (AvgIpc) is 3.56. The summed E-state index contributed by atoms with van der Waals surface area (Å²) < 4.78 is 16.0. The molecule has 1 fully saturated rings. The molecule has 0 radical (unpaired) electrons. The summed E-state index contributed by atoms with van der Waals surface area (Å²) in [6.07, 6.45) is 1.59. The Kier molecular flexibility index (Phi) is 5.26. The number of aromatic nitrogens is 3. The summed E-state index contributed by atoms with van der Waals surface area (Å²) >= 11 is 1.57. The van der Waals surface area contributed by atoms with Crippen molar-refractivity contribution in [1.82, 2.24) is 25.1 Å². The molecule has 1 N–H and O–H groups in total. The number of carbonyl (C=O) groups excluding carboxylic acids is 1. The number of hydrogen-bond donors (Lipinski definition) is 1. The zero-order chi connectivity index (χ0) is 21.2. The van der Waals surface area contributed by atoms with E-state index in [1.54, 1.807) is 34.6 Å². The smallest absolute Gasteiger partial charge is 0.323 e. The first-order valence-corrected chi connectivity index (χ1v) is 10.7. The quantitative estimate of drug-likeness (QED) is 0.500. The highest BCUT2D eigenvalue weighted by atomic mass is 32.1. The number of anilines is 1. The number of carbonyl (C=O) groups is 1. The SMILES string of the molecule is Cc1occc1-c1cc(NC(=O)N2CCN(Cc3nc(-c4cccs4)no3)CC2)no1. The van der Waals surface area contributed by atoms with Crippen LogP contribution < -0.4 is 5.32 Å². The van der Waals surface area contributed by atoms with Crippen LogP contribution in [0.1, 0.15) is 11.7 Å². The van der Waals surface area contributed by atoms with Gasteiger partial charge in [0.1, 0.15) is 5.76 Å². The van der Waals surface area contributed by atoms with Crippen molar-refractivity contribution in [1.29, 1.82) is 0 Å². The van der Waals surface area contributed by atoms with Gasteiger partial charge in [-0.05, 0) is 24.4 Å². The predicted molar refractivity (Wildman–Crippen MR) is 112 cm³/mol. The summed E-state index contributed by atoms with van der Waals surface area (Å²) in [6.45, 7) is 4.99. The summed E-state index contributed by atoms with van der Waals surface area (Å²) in [5.41, 5.74) is 0.810. The molecule has 4 aromatic heterocycles. The van der Waals surface area contributed by atoms with Crippen LogP contribution in [-0.4, -0.2) is 57.3 Å². The Balaban J connectivity index is 1.13. The Hall–Kier alpha value is -3.44. The molecule has 160 valence electrons. The summed E-state index contributed by atoms with van der Waals surface area (Å²) in [5.74, 6) is 2.84. The Morgan fingerprint density at radius 3 is 2.81 bits per heavy atom. The summed E-state index contributed by atoms with van der Waals surface area (Å²) in [7, 11) is 0. The van der Waals surface area contributed by atoms with E-state index in [1.807, 2.05) is 24.4 Å². The van der Waals surface area contributed by atoms with Gasteiger partial charge in [0.25, 0.3) is 0 Å². The van der Waals surface area contributed by atoms with Crippen molar-refractivity contribution in [2.75, 3.05) is 31.5 Å². The molecular formula is C20H20N6O4S. The normalized spacial score (nSPS) is 14.8. The number of furan rings is 1. The van der Waals surface area contributed by atoms with Gasteiger partial charge in [0.15, 0.2) is 11.6 Å². The molecule has 0 unspecified atom stereocenters. The molecule has 0 bridgehead atoms. The summed E-state index contributed by atoms with van der Waals surface area (Å²) in [4.78, 5) is 22.0. The first kappa shape index (κ1) is 19.5. The van der Waals surface area contributed by atoms with Crippen molar-refractivity contribution in [3.63, 3.8) is 0 Å². The van der Waals surface area contributed by atoms with Gasteiger partial charge >= 0.3 is 6.03 Å². The molecule has 5 rings (SSSR count). The number of rotatable bonds is 5. The molecule has 31 heavy (non-hydrogen) atoms. The molecule has 0 spiro atoms. The Morgan fingerprint density at radius 1 is 1.19 bits per heavy atom. The molecule has 1 saturated heterocycles. The zero-order valence-electron chi connectivity index (χ0n) is 16.8. The lowest BCUT2D eigenvalue weighted by molar-refractivity contribution is 0.133. The lowest BCUT2D eigenvalue weighted by Gasteiger charge is -2.33. The minimum atomic E-state index is -0.207. The van der Waals surface area contributed by atoms with Crippen molar-refractivity contribution < 1.29 is 18.3 Å². The molecular weight excluding hydrogens is 420 g/mol. The lowest BCUT2D eigenvalue weighted by Crippen LogP contribution is -2.49. The van der Waals surface area contributed by atoms with E-state index >= 15 is 0 Å². The maximum Gasteiger partial charge on any atom is 0.323 e. The minimum Gasteiger partial charge on any atom is -0.469 e. The topological polar surface area (TPSA) is 114 Å². The average molecular weight is 440 g/mol. The minimum absolute atomic E-state index is 0.207. The molecule has 0 atom stereocenters. The van der Waals surface area contributed by atoms with Crippen LogP contribution in [-0.2, 0) is 6.54 Å². The highest BCUT2D eigenvalue weighted by molar-refractivity contribution is 7.13. The van der Waals surface area contributed by atoms with E-state index in [2.05, 4.69) is 25.5 Å². The highest BCUT2D eigenvalue weighted by Crippen LogP contribution is 2.26. The van der Waals surface area contributed by atoms with E-state index in [0.29, 0.717) is 56.0 Å². The fraction of sp³-hybridized carbons (Fsp3) is 0.300. The van der Waals surface area contributed by atoms with Gasteiger partial charge in [-0.15, -0.1) is 11.3 Å². The molecule has 0 aromatic carbocycles. The van der Waals surface area contributed by atoms with Gasteiger partial charge in [0.05, 0.1) is 23.2 Å². The first-order valence-electron chi connectivity index (χ1n) is 9.81. The third-order valence-electron chi connectivity index (χ3n) is 5.10. The second-order valence-corrected chi connectivity index (χ2v) is 8.10. The van der Waals surface area contributed by atoms with Crippen LogP contribution >= 0.6 is 11.3 Å². The number of piperazine rings is 1. The van der Waals surface area contributed by atoms with Crippen LogP contribution in [0.2, 0.25) is 0 Å². The number of nitrogens with zero attached hydrogens (tertiary/aromatic N) is 5. The fourth-order valence-electron chi connectivity index (χ4n) is 3.42. The molecule has 0 saturated carbocycles. The molecule has 2 amide bonds. The molecule has 11 heteroatoms. The van der Waals surface area contributed by atoms with Gasteiger partial charge in [-0.1, -0.05) is 16.4 Å². The van der Waals surface area contributed by atoms with Crippen molar-refractivity contribution >= 4 is 23.2 Å². The van der Waals surface area contributed by atoms with Gasteiger partial charge < -0.3 is 18.4 Å². The summed E-state index contributed by atoms with van der Waals surface area (Å²) in [6, 6.07) is 7.20. The van der Waals surface area contributed by atoms with Gasteiger partial charge in [0.2, 0.25) is 11.7 Å². The monoisotopic (exact) mass is 440 g/mol. The Morgan fingerprint density at radius 2 is 2.06 bits per heavy atom. The van der Waals surface area contributed by atoms with Crippen LogP contribution in [0, 0.1) is 6.92 Å². The van der Waals surface area contributed by atoms with E-state index in [1.165, 1.54) is 0 Å². The maximum atomic E-state index is 12.6. The number of aryl methyl sites for hydroxylation is 1. The third kappa shape index (κ3) is 4.23. The second kappa shape index (κ2) is 8.36. The maximum absolute atomic E-state index is 12.6. The van der Waals surface area contributed by atoms with Gasteiger partial charge in [-0.25, -0.2) is 4.79 Å². The number of thiophene rings is 1. The highest BCUT2D eigenvalue weighted by Gasteiger charge is 2.24. The molecule has 10 nitrogen and oxygen atoms in total. The lowest BCUT2D eigenvalue weighted by atomic mass is 10.2. The molecule has 0 aliphatic carbocycles. The summed E-state index contributed by atoms with van der Waals surface area (Å²) in [5, 5.41) is 12.7. The predicted octanol–water partition coefficient (Wildman–Crippen LogP) is 3.70. The van der Waals surface area contributed by atoms with Crippen molar-refractivity contribution in [3.05, 3.63) is 47.6 Å².